The van der Waals surface area contributed by atoms with Crippen LogP contribution in [0.15, 0.2) is 11.0 Å². The molecule has 5 heteroatoms. The summed E-state index contributed by atoms with van der Waals surface area (Å²) in [5.74, 6) is 2.63. The van der Waals surface area contributed by atoms with Crippen molar-refractivity contribution < 1.29 is 9.53 Å². The fraction of sp³-hybridized carbons (Fsp3) is 0.667. The number of aromatic nitrogens is 1. The SMILES string of the molecule is COc1c(C)[nH]cc(CN(C)C(=O)CC2CC3CCC2C3)c1=O. The molecule has 2 aliphatic rings. The molecule has 126 valence electrons. The average molecular weight is 318 g/mol. The molecule has 2 aliphatic carbocycles. The summed E-state index contributed by atoms with van der Waals surface area (Å²) in [5.41, 5.74) is 1.14. The van der Waals surface area contributed by atoms with Gasteiger partial charge in [0.05, 0.1) is 19.3 Å². The number of rotatable bonds is 5. The number of pyridine rings is 1. The highest BCUT2D eigenvalue weighted by Gasteiger charge is 2.40. The van der Waals surface area contributed by atoms with Gasteiger partial charge in [0.1, 0.15) is 0 Å². The highest BCUT2D eigenvalue weighted by molar-refractivity contribution is 5.76. The van der Waals surface area contributed by atoms with Crippen LogP contribution in [0.25, 0.3) is 0 Å². The first-order valence-corrected chi connectivity index (χ1v) is 8.48. The Balaban J connectivity index is 1.64. The quantitative estimate of drug-likeness (QED) is 0.907. The molecule has 1 amide bonds. The zero-order valence-corrected chi connectivity index (χ0v) is 14.2. The van der Waals surface area contributed by atoms with Crippen molar-refractivity contribution in [2.75, 3.05) is 14.2 Å². The summed E-state index contributed by atoms with van der Waals surface area (Å²) in [5, 5.41) is 0. The number of carbonyl (C=O) groups is 1. The summed E-state index contributed by atoms with van der Waals surface area (Å²) in [6, 6.07) is 0. The topological polar surface area (TPSA) is 62.4 Å². The van der Waals surface area contributed by atoms with Crippen molar-refractivity contribution in [1.29, 1.82) is 0 Å². The van der Waals surface area contributed by atoms with Gasteiger partial charge in [-0.05, 0) is 43.9 Å². The van der Waals surface area contributed by atoms with Gasteiger partial charge >= 0.3 is 0 Å². The maximum absolute atomic E-state index is 12.5. The van der Waals surface area contributed by atoms with Gasteiger partial charge in [-0.1, -0.05) is 6.42 Å². The van der Waals surface area contributed by atoms with Gasteiger partial charge in [0.15, 0.2) is 5.75 Å². The molecule has 1 aromatic rings. The molecular weight excluding hydrogens is 292 g/mol. The van der Waals surface area contributed by atoms with Crippen molar-refractivity contribution in [2.45, 2.75) is 45.6 Å². The van der Waals surface area contributed by atoms with Gasteiger partial charge in [-0.2, -0.15) is 0 Å². The lowest BCUT2D eigenvalue weighted by Crippen LogP contribution is -2.31. The van der Waals surface area contributed by atoms with E-state index in [9.17, 15) is 9.59 Å². The van der Waals surface area contributed by atoms with Gasteiger partial charge in [0.25, 0.3) is 0 Å². The first-order valence-electron chi connectivity index (χ1n) is 8.48. The number of nitrogens with one attached hydrogen (secondary N) is 1. The lowest BCUT2D eigenvalue weighted by molar-refractivity contribution is -0.131. The second-order valence-corrected chi connectivity index (χ2v) is 7.19. The Hall–Kier alpha value is -1.78. The number of aromatic amines is 1. The molecule has 0 aromatic carbocycles. The fourth-order valence-corrected chi connectivity index (χ4v) is 4.36. The number of amides is 1. The Morgan fingerprint density at radius 1 is 1.39 bits per heavy atom. The highest BCUT2D eigenvalue weighted by atomic mass is 16.5. The average Bonchev–Trinajstić information content (AvgIpc) is 3.13. The van der Waals surface area contributed by atoms with Crippen LogP contribution in [-0.4, -0.2) is 29.9 Å². The normalized spacial score (nSPS) is 25.6. The highest BCUT2D eigenvalue weighted by Crippen LogP contribution is 2.49. The van der Waals surface area contributed by atoms with Gasteiger partial charge in [0.2, 0.25) is 11.3 Å². The van der Waals surface area contributed by atoms with Crippen LogP contribution in [0.3, 0.4) is 0 Å². The molecule has 0 spiro atoms. The molecule has 23 heavy (non-hydrogen) atoms. The van der Waals surface area contributed by atoms with E-state index in [0.717, 1.165) is 11.8 Å². The van der Waals surface area contributed by atoms with Crippen molar-refractivity contribution in [1.82, 2.24) is 9.88 Å². The molecule has 1 heterocycles. The number of ether oxygens (including phenoxy) is 1. The van der Waals surface area contributed by atoms with Crippen LogP contribution in [0.4, 0.5) is 0 Å². The molecule has 0 saturated heterocycles. The summed E-state index contributed by atoms with van der Waals surface area (Å²) in [6.07, 6.45) is 7.48. The Kier molecular flexibility index (Phi) is 4.46. The molecule has 2 saturated carbocycles. The molecular formula is C18H26N2O3. The van der Waals surface area contributed by atoms with E-state index in [1.54, 1.807) is 25.1 Å². The van der Waals surface area contributed by atoms with Gasteiger partial charge in [-0.15, -0.1) is 0 Å². The molecule has 3 rings (SSSR count). The van der Waals surface area contributed by atoms with Crippen molar-refractivity contribution in [3.05, 3.63) is 27.7 Å². The van der Waals surface area contributed by atoms with Gasteiger partial charge < -0.3 is 14.6 Å². The summed E-state index contributed by atoms with van der Waals surface area (Å²) in [6.45, 7) is 2.12. The van der Waals surface area contributed by atoms with Crippen LogP contribution >= 0.6 is 0 Å². The molecule has 3 atom stereocenters. The van der Waals surface area contributed by atoms with E-state index in [1.165, 1.54) is 32.8 Å². The third-order valence-electron chi connectivity index (χ3n) is 5.66. The van der Waals surface area contributed by atoms with Crippen LogP contribution in [0.1, 0.15) is 43.4 Å². The number of aryl methyl sites for hydroxylation is 1. The molecule has 0 radical (unpaired) electrons. The number of hydrogen-bond donors (Lipinski definition) is 1. The van der Waals surface area contributed by atoms with Gasteiger partial charge in [-0.25, -0.2) is 0 Å². The summed E-state index contributed by atoms with van der Waals surface area (Å²) < 4.78 is 5.15. The molecule has 5 nitrogen and oxygen atoms in total. The smallest absolute Gasteiger partial charge is 0.228 e. The monoisotopic (exact) mass is 318 g/mol. The van der Waals surface area contributed by atoms with Crippen molar-refractivity contribution in [3.63, 3.8) is 0 Å². The van der Waals surface area contributed by atoms with E-state index in [4.69, 9.17) is 4.74 Å². The van der Waals surface area contributed by atoms with Crippen LogP contribution in [0.5, 0.6) is 5.75 Å². The summed E-state index contributed by atoms with van der Waals surface area (Å²) >= 11 is 0. The number of nitrogens with zero attached hydrogens (tertiary/aromatic N) is 1. The van der Waals surface area contributed by atoms with E-state index in [-0.39, 0.29) is 11.3 Å². The van der Waals surface area contributed by atoms with Crippen molar-refractivity contribution in [2.24, 2.45) is 17.8 Å². The molecule has 1 N–H and O–H groups in total. The van der Waals surface area contributed by atoms with Crippen molar-refractivity contribution in [3.8, 4) is 5.75 Å². The second-order valence-electron chi connectivity index (χ2n) is 7.19. The van der Waals surface area contributed by atoms with E-state index in [1.807, 2.05) is 0 Å². The van der Waals surface area contributed by atoms with Gasteiger partial charge in [-0.3, -0.25) is 9.59 Å². The van der Waals surface area contributed by atoms with E-state index in [0.29, 0.717) is 35.9 Å². The Morgan fingerprint density at radius 2 is 2.17 bits per heavy atom. The standard InChI is InChI=1S/C18H26N2O3/c1-11-18(23-3)17(22)15(9-19-11)10-20(2)16(21)8-14-7-12-4-5-13(14)6-12/h9,12-14H,4-8,10H2,1-3H3,(H,19,22). The van der Waals surface area contributed by atoms with E-state index < -0.39 is 0 Å². The third-order valence-corrected chi connectivity index (χ3v) is 5.66. The number of methoxy groups -OCH3 is 1. The first-order chi connectivity index (χ1) is 11.0. The zero-order valence-electron chi connectivity index (χ0n) is 14.2. The van der Waals surface area contributed by atoms with E-state index in [2.05, 4.69) is 4.98 Å². The van der Waals surface area contributed by atoms with E-state index >= 15 is 0 Å². The van der Waals surface area contributed by atoms with Crippen LogP contribution in [-0.2, 0) is 11.3 Å². The Labute approximate surface area is 137 Å². The van der Waals surface area contributed by atoms with Crippen LogP contribution < -0.4 is 10.2 Å². The fourth-order valence-electron chi connectivity index (χ4n) is 4.36. The minimum Gasteiger partial charge on any atom is -0.491 e. The van der Waals surface area contributed by atoms with Crippen molar-refractivity contribution >= 4 is 5.91 Å². The molecule has 2 fully saturated rings. The predicted molar refractivity (Wildman–Crippen MR) is 88.4 cm³/mol. The number of carbonyl (C=O) groups excluding carboxylic acids is 1. The lowest BCUT2D eigenvalue weighted by atomic mass is 9.86. The first kappa shape index (κ1) is 16.1. The second kappa shape index (κ2) is 6.38. The minimum atomic E-state index is -0.136. The number of H-pyrrole nitrogens is 1. The lowest BCUT2D eigenvalue weighted by Gasteiger charge is -2.24. The third kappa shape index (κ3) is 3.14. The zero-order chi connectivity index (χ0) is 16.6. The summed E-state index contributed by atoms with van der Waals surface area (Å²) in [7, 11) is 3.27. The Bertz CT molecular complexity index is 652. The Morgan fingerprint density at radius 3 is 2.78 bits per heavy atom. The maximum Gasteiger partial charge on any atom is 0.228 e. The largest absolute Gasteiger partial charge is 0.491 e. The maximum atomic E-state index is 12.5. The van der Waals surface area contributed by atoms with Gasteiger partial charge in [0, 0.05) is 25.2 Å². The summed E-state index contributed by atoms with van der Waals surface area (Å²) in [4.78, 5) is 29.5. The molecule has 0 aliphatic heterocycles. The molecule has 3 unspecified atom stereocenters. The van der Waals surface area contributed by atoms with Crippen LogP contribution in [0.2, 0.25) is 0 Å². The molecule has 1 aromatic heterocycles. The minimum absolute atomic E-state index is 0.136. The predicted octanol–water partition coefficient (Wildman–Crippen LogP) is 2.48. The number of fused-ring (bicyclic) bond motifs is 2. The number of hydrogen-bond acceptors (Lipinski definition) is 3. The molecule has 2 bridgehead atoms. The van der Waals surface area contributed by atoms with Crippen LogP contribution in [0, 0.1) is 24.7 Å².